The molecule has 5 nitrogen and oxygen atoms in total. The van der Waals surface area contributed by atoms with Gasteiger partial charge in [-0.2, -0.15) is 0 Å². The number of carbonyl (C=O) groups is 2. The number of halogens is 1. The van der Waals surface area contributed by atoms with Crippen LogP contribution in [0.2, 0.25) is 5.02 Å². The smallest absolute Gasteiger partial charge is 0.320 e. The molecule has 1 heterocycles. The lowest BCUT2D eigenvalue weighted by atomic mass is 9.79. The van der Waals surface area contributed by atoms with Gasteiger partial charge in [0.1, 0.15) is 5.75 Å². The first kappa shape index (κ1) is 20.5. The van der Waals surface area contributed by atoms with Crippen LogP contribution in [0, 0.1) is 5.41 Å². The zero-order valence-electron chi connectivity index (χ0n) is 17.0. The Bertz CT molecular complexity index is 1030. The topological polar surface area (TPSA) is 66.8 Å². The molecule has 1 fully saturated rings. The monoisotopic (exact) mass is 425 g/mol. The van der Waals surface area contributed by atoms with E-state index in [4.69, 9.17) is 16.3 Å². The van der Waals surface area contributed by atoms with E-state index < -0.39 is 16.8 Å². The van der Waals surface area contributed by atoms with Crippen LogP contribution < -0.4 is 9.64 Å². The molecule has 0 aromatic heterocycles. The second kappa shape index (κ2) is 7.47. The molecule has 2 unspecified atom stereocenters. The van der Waals surface area contributed by atoms with Crippen LogP contribution in [-0.2, 0) is 21.5 Å². The molecule has 1 amide bonds. The molecule has 0 radical (unpaired) electrons. The number of nitrogens with zero attached hydrogens (tertiary/aromatic N) is 1. The highest BCUT2D eigenvalue weighted by atomic mass is 35.5. The molecule has 2 aromatic rings. The number of fused-ring (bicyclic) bond motifs is 3. The van der Waals surface area contributed by atoms with Gasteiger partial charge in [-0.15, -0.1) is 0 Å². The van der Waals surface area contributed by atoms with Crippen LogP contribution in [0.5, 0.6) is 5.75 Å². The van der Waals surface area contributed by atoms with E-state index in [1.54, 1.807) is 18.1 Å². The molecule has 1 aliphatic heterocycles. The molecule has 4 rings (SSSR count). The van der Waals surface area contributed by atoms with Gasteiger partial charge < -0.3 is 14.7 Å². The Morgan fingerprint density at radius 1 is 1.27 bits per heavy atom. The Labute approximate surface area is 180 Å². The van der Waals surface area contributed by atoms with E-state index in [9.17, 15) is 14.7 Å². The van der Waals surface area contributed by atoms with Crippen molar-refractivity contribution in [2.24, 2.45) is 5.41 Å². The first-order valence-corrected chi connectivity index (χ1v) is 10.4. The van der Waals surface area contributed by atoms with Gasteiger partial charge in [0.15, 0.2) is 5.41 Å². The van der Waals surface area contributed by atoms with E-state index in [1.165, 1.54) is 0 Å². The molecule has 30 heavy (non-hydrogen) atoms. The van der Waals surface area contributed by atoms with Crippen LogP contribution in [0.1, 0.15) is 37.3 Å². The lowest BCUT2D eigenvalue weighted by molar-refractivity contribution is -0.149. The van der Waals surface area contributed by atoms with E-state index in [1.807, 2.05) is 48.6 Å². The lowest BCUT2D eigenvalue weighted by Gasteiger charge is -2.36. The fourth-order valence-electron chi connectivity index (χ4n) is 4.58. The van der Waals surface area contributed by atoms with Gasteiger partial charge in [0.05, 0.1) is 13.7 Å². The van der Waals surface area contributed by atoms with E-state index >= 15 is 0 Å². The van der Waals surface area contributed by atoms with Crippen LogP contribution in [0.15, 0.2) is 54.6 Å². The molecule has 2 aliphatic rings. The minimum Gasteiger partial charge on any atom is -0.497 e. The van der Waals surface area contributed by atoms with Crippen LogP contribution in [0.3, 0.4) is 0 Å². The SMILES string of the molecule is CCC/C=C/C12CC1(C(=O)O)C(=O)N(Cc1ccc(OC)cc1)c1ccc(Cl)cc12. The van der Waals surface area contributed by atoms with Crippen LogP contribution in [0.4, 0.5) is 5.69 Å². The maximum Gasteiger partial charge on any atom is 0.320 e. The van der Waals surface area contributed by atoms with Gasteiger partial charge in [-0.3, -0.25) is 9.59 Å². The van der Waals surface area contributed by atoms with Crippen LogP contribution >= 0.6 is 11.6 Å². The van der Waals surface area contributed by atoms with E-state index in [-0.39, 0.29) is 18.9 Å². The Morgan fingerprint density at radius 3 is 2.63 bits per heavy atom. The van der Waals surface area contributed by atoms with Crippen molar-refractivity contribution < 1.29 is 19.4 Å². The van der Waals surface area contributed by atoms with Crippen LogP contribution in [-0.4, -0.2) is 24.1 Å². The summed E-state index contributed by atoms with van der Waals surface area (Å²) in [5.41, 5.74) is 0.0808. The molecule has 2 atom stereocenters. The maximum atomic E-state index is 13.6. The minimum atomic E-state index is -1.48. The molecule has 1 saturated carbocycles. The predicted molar refractivity (Wildman–Crippen MR) is 116 cm³/mol. The number of carboxylic acid groups (broad SMARTS) is 1. The zero-order chi connectivity index (χ0) is 21.5. The number of carboxylic acids is 1. The van der Waals surface area contributed by atoms with Gasteiger partial charge in [-0.25, -0.2) is 0 Å². The van der Waals surface area contributed by atoms with E-state index in [0.29, 0.717) is 5.02 Å². The summed E-state index contributed by atoms with van der Waals surface area (Å²) in [5, 5.41) is 10.7. The number of unbranched alkanes of at least 4 members (excludes halogenated alkanes) is 1. The van der Waals surface area contributed by atoms with Gasteiger partial charge in [0.25, 0.3) is 0 Å². The normalized spacial score (nSPS) is 24.5. The molecule has 0 bridgehead atoms. The number of ether oxygens (including phenoxy) is 1. The number of methoxy groups -OCH3 is 1. The van der Waals surface area contributed by atoms with Crippen molar-refractivity contribution in [3.05, 3.63) is 70.8 Å². The summed E-state index contributed by atoms with van der Waals surface area (Å²) >= 11 is 6.30. The summed E-state index contributed by atoms with van der Waals surface area (Å²) in [4.78, 5) is 27.6. The molecule has 0 spiro atoms. The third kappa shape index (κ3) is 2.91. The van der Waals surface area contributed by atoms with Gasteiger partial charge in [0.2, 0.25) is 5.91 Å². The second-order valence-electron chi connectivity index (χ2n) is 7.95. The summed E-state index contributed by atoms with van der Waals surface area (Å²) in [6.07, 6.45) is 5.94. The lowest BCUT2D eigenvalue weighted by Crippen LogP contribution is -2.48. The fraction of sp³-hybridized carbons (Fsp3) is 0.333. The highest BCUT2D eigenvalue weighted by Gasteiger charge is 2.79. The summed E-state index contributed by atoms with van der Waals surface area (Å²) in [6.45, 7) is 2.34. The molecule has 156 valence electrons. The van der Waals surface area contributed by atoms with Crippen molar-refractivity contribution in [2.75, 3.05) is 12.0 Å². The highest BCUT2D eigenvalue weighted by molar-refractivity contribution is 6.31. The minimum absolute atomic E-state index is 0.251. The zero-order valence-corrected chi connectivity index (χ0v) is 17.8. The predicted octanol–water partition coefficient (Wildman–Crippen LogP) is 4.96. The number of amides is 1. The van der Waals surface area contributed by atoms with E-state index in [0.717, 1.165) is 35.4 Å². The number of anilines is 1. The Morgan fingerprint density at radius 2 is 2.00 bits per heavy atom. The molecule has 2 aromatic carbocycles. The average Bonchev–Trinajstić information content (AvgIpc) is 3.44. The number of hydrogen-bond donors (Lipinski definition) is 1. The van der Waals surface area contributed by atoms with Gasteiger partial charge in [-0.1, -0.05) is 49.2 Å². The second-order valence-corrected chi connectivity index (χ2v) is 8.39. The first-order valence-electron chi connectivity index (χ1n) is 10.1. The standard InChI is InChI=1S/C24H24ClNO4/c1-3-4-5-12-23-15-24(23,22(28)29)21(27)26(20-11-8-17(25)13-19(20)23)14-16-6-9-18(30-2)10-7-16/h5-13H,3-4,14-15H2,1-2H3,(H,28,29)/b12-5+. The number of rotatable bonds is 7. The fourth-order valence-corrected chi connectivity index (χ4v) is 4.75. The van der Waals surface area contributed by atoms with Crippen molar-refractivity contribution in [1.29, 1.82) is 0 Å². The molecule has 1 aliphatic carbocycles. The highest BCUT2D eigenvalue weighted by Crippen LogP contribution is 2.71. The average molecular weight is 426 g/mol. The number of benzene rings is 2. The third-order valence-corrected chi connectivity index (χ3v) is 6.48. The summed E-state index contributed by atoms with van der Waals surface area (Å²) < 4.78 is 5.20. The number of allylic oxidation sites excluding steroid dienone is 2. The van der Waals surface area contributed by atoms with Gasteiger partial charge >= 0.3 is 5.97 Å². The molecular weight excluding hydrogens is 402 g/mol. The molecule has 6 heteroatoms. The Kier molecular flexibility index (Phi) is 5.10. The van der Waals surface area contributed by atoms with Crippen molar-refractivity contribution in [3.8, 4) is 5.75 Å². The summed E-state index contributed by atoms with van der Waals surface area (Å²) in [5.74, 6) is -0.735. The van der Waals surface area contributed by atoms with Crippen LogP contribution in [0.25, 0.3) is 0 Å². The van der Waals surface area contributed by atoms with E-state index in [2.05, 4.69) is 6.92 Å². The Balaban J connectivity index is 1.82. The largest absolute Gasteiger partial charge is 0.497 e. The number of hydrogen-bond acceptors (Lipinski definition) is 3. The molecular formula is C24H24ClNO4. The van der Waals surface area contributed by atoms with Crippen molar-refractivity contribution >= 4 is 29.2 Å². The van der Waals surface area contributed by atoms with Gasteiger partial charge in [-0.05, 0) is 54.3 Å². The number of carbonyl (C=O) groups excluding carboxylic acids is 1. The van der Waals surface area contributed by atoms with Crippen molar-refractivity contribution in [3.63, 3.8) is 0 Å². The Hall–Kier alpha value is -2.79. The third-order valence-electron chi connectivity index (χ3n) is 6.24. The van der Waals surface area contributed by atoms with Crippen molar-refractivity contribution in [2.45, 2.75) is 38.1 Å². The quantitative estimate of drug-likeness (QED) is 0.502. The van der Waals surface area contributed by atoms with Crippen molar-refractivity contribution in [1.82, 2.24) is 0 Å². The first-order chi connectivity index (χ1) is 14.4. The summed E-state index contributed by atoms with van der Waals surface area (Å²) in [7, 11) is 1.60. The maximum absolute atomic E-state index is 13.6. The molecule has 1 N–H and O–H groups in total. The molecule has 0 saturated heterocycles. The van der Waals surface area contributed by atoms with Gasteiger partial charge in [0, 0.05) is 16.1 Å². The summed E-state index contributed by atoms with van der Waals surface area (Å²) in [6, 6.07) is 12.8. The number of aliphatic carboxylic acids is 1.